The molecule has 1 aliphatic rings. The number of carbonyl (C=O) groups excluding carboxylic acids is 1. The van der Waals surface area contributed by atoms with Crippen LogP contribution in [0.3, 0.4) is 0 Å². The predicted molar refractivity (Wildman–Crippen MR) is 120 cm³/mol. The van der Waals surface area contributed by atoms with E-state index in [0.717, 1.165) is 16.8 Å². The minimum atomic E-state index is -0.418. The lowest BCUT2D eigenvalue weighted by atomic mass is 9.82. The van der Waals surface area contributed by atoms with Crippen molar-refractivity contribution in [3.63, 3.8) is 0 Å². The first kappa shape index (κ1) is 20.3. The molecule has 0 aliphatic heterocycles. The van der Waals surface area contributed by atoms with Gasteiger partial charge in [-0.2, -0.15) is 4.98 Å². The minimum Gasteiger partial charge on any atom is -0.294 e. The van der Waals surface area contributed by atoms with E-state index in [2.05, 4.69) is 40.2 Å². The number of aryl methyl sites for hydroxylation is 1. The maximum Gasteiger partial charge on any atom is 0.269 e. The van der Waals surface area contributed by atoms with Crippen LogP contribution in [-0.2, 0) is 12.2 Å². The van der Waals surface area contributed by atoms with Crippen molar-refractivity contribution < 1.29 is 9.72 Å². The van der Waals surface area contributed by atoms with Crippen LogP contribution in [0.25, 0.3) is 5.78 Å². The summed E-state index contributed by atoms with van der Waals surface area (Å²) in [6.45, 7) is 2.05. The molecular weight excluding hydrogens is 426 g/mol. The number of hydrogen-bond acceptors (Lipinski definition) is 7. The number of Topliss-reactive ketones (excluding diaryl/α,β-unsaturated/α-hetero) is 1. The van der Waals surface area contributed by atoms with E-state index in [1.807, 2.05) is 6.07 Å². The quantitative estimate of drug-likeness (QED) is 0.252. The molecule has 9 heteroatoms. The molecule has 160 valence electrons. The van der Waals surface area contributed by atoms with Gasteiger partial charge >= 0.3 is 0 Å². The highest BCUT2D eigenvalue weighted by atomic mass is 32.2. The monoisotopic (exact) mass is 445 g/mol. The Balaban J connectivity index is 1.36. The van der Waals surface area contributed by atoms with Crippen molar-refractivity contribution in [3.05, 3.63) is 92.8 Å². The Morgan fingerprint density at radius 2 is 1.97 bits per heavy atom. The van der Waals surface area contributed by atoms with Gasteiger partial charge in [-0.1, -0.05) is 53.7 Å². The molecule has 32 heavy (non-hydrogen) atoms. The number of fused-ring (bicyclic) bond motifs is 2. The van der Waals surface area contributed by atoms with E-state index in [9.17, 15) is 14.9 Å². The SMILES string of the molecule is Cc1cccc([C@H]2CC(=O)c3cn4nc(SCc5ccc([N+](=O)[O-])cc5)nc4nc3C2)c1. The molecule has 2 aromatic heterocycles. The third kappa shape index (κ3) is 3.99. The number of rotatable bonds is 5. The number of nitrogens with zero attached hydrogens (tertiary/aromatic N) is 5. The predicted octanol–water partition coefficient (Wildman–Crippen LogP) is 4.55. The third-order valence-corrected chi connectivity index (χ3v) is 6.50. The summed E-state index contributed by atoms with van der Waals surface area (Å²) in [7, 11) is 0. The second-order valence-corrected chi connectivity index (χ2v) is 8.84. The van der Waals surface area contributed by atoms with Gasteiger partial charge < -0.3 is 0 Å². The van der Waals surface area contributed by atoms with Crippen LogP contribution in [0, 0.1) is 17.0 Å². The molecule has 0 unspecified atom stereocenters. The first-order chi connectivity index (χ1) is 15.5. The number of benzene rings is 2. The molecule has 2 aromatic carbocycles. The summed E-state index contributed by atoms with van der Waals surface area (Å²) in [5, 5.41) is 15.8. The average Bonchev–Trinajstić information content (AvgIpc) is 3.18. The Morgan fingerprint density at radius 1 is 1.16 bits per heavy atom. The molecule has 4 aromatic rings. The van der Waals surface area contributed by atoms with Gasteiger partial charge in [-0.3, -0.25) is 14.9 Å². The lowest BCUT2D eigenvalue weighted by Gasteiger charge is -2.23. The molecule has 0 saturated heterocycles. The first-order valence-corrected chi connectivity index (χ1v) is 11.2. The summed E-state index contributed by atoms with van der Waals surface area (Å²) in [5.41, 5.74) is 4.71. The molecule has 0 radical (unpaired) electrons. The number of ketones is 1. The van der Waals surface area contributed by atoms with Crippen molar-refractivity contribution in [2.24, 2.45) is 0 Å². The summed E-state index contributed by atoms with van der Waals surface area (Å²) < 4.78 is 1.56. The Kier molecular flexibility index (Phi) is 5.18. The molecule has 5 rings (SSSR count). The van der Waals surface area contributed by atoms with Crippen molar-refractivity contribution in [3.8, 4) is 0 Å². The summed E-state index contributed by atoms with van der Waals surface area (Å²) in [6, 6.07) is 14.7. The fourth-order valence-corrected chi connectivity index (χ4v) is 4.73. The van der Waals surface area contributed by atoms with Gasteiger partial charge in [-0.15, -0.1) is 5.10 Å². The van der Waals surface area contributed by atoms with Gasteiger partial charge in [0, 0.05) is 30.5 Å². The smallest absolute Gasteiger partial charge is 0.269 e. The minimum absolute atomic E-state index is 0.0630. The van der Waals surface area contributed by atoms with Crippen molar-refractivity contribution in [2.75, 3.05) is 0 Å². The number of carbonyl (C=O) groups is 1. The summed E-state index contributed by atoms with van der Waals surface area (Å²) in [5.74, 6) is 1.22. The Hall–Kier alpha value is -3.59. The van der Waals surface area contributed by atoms with Crippen molar-refractivity contribution in [1.82, 2.24) is 19.6 Å². The standard InChI is InChI=1S/C23H19N5O3S/c1-14-3-2-4-16(9-14)17-10-20-19(21(29)11-17)12-27-22(24-20)25-23(26-27)32-13-15-5-7-18(8-6-15)28(30)31/h2-9,12,17H,10-11,13H2,1H3/t17-/m1/s1. The van der Waals surface area contributed by atoms with Gasteiger partial charge in [0.05, 0.1) is 16.2 Å². The van der Waals surface area contributed by atoms with Crippen LogP contribution in [-0.4, -0.2) is 30.3 Å². The second kappa shape index (κ2) is 8.16. The molecular formula is C23H19N5O3S. The fraction of sp³-hybridized carbons (Fsp3) is 0.217. The number of hydrogen-bond donors (Lipinski definition) is 0. The average molecular weight is 446 g/mol. The third-order valence-electron chi connectivity index (χ3n) is 5.59. The van der Waals surface area contributed by atoms with Crippen LogP contribution in [0.1, 0.15) is 45.1 Å². The van der Waals surface area contributed by atoms with Crippen molar-refractivity contribution in [2.45, 2.75) is 36.6 Å². The maximum atomic E-state index is 12.8. The van der Waals surface area contributed by atoms with Crippen LogP contribution in [0.15, 0.2) is 59.9 Å². The fourth-order valence-electron chi connectivity index (χ4n) is 3.95. The first-order valence-electron chi connectivity index (χ1n) is 10.2. The Bertz CT molecular complexity index is 1350. The topological polar surface area (TPSA) is 103 Å². The number of aromatic nitrogens is 4. The zero-order valence-electron chi connectivity index (χ0n) is 17.3. The molecule has 1 atom stereocenters. The molecule has 8 nitrogen and oxygen atoms in total. The Labute approximate surface area is 187 Å². The van der Waals surface area contributed by atoms with Gasteiger partial charge in [-0.05, 0) is 30.4 Å². The zero-order valence-corrected chi connectivity index (χ0v) is 18.1. The van der Waals surface area contributed by atoms with E-state index in [0.29, 0.717) is 35.1 Å². The van der Waals surface area contributed by atoms with E-state index < -0.39 is 4.92 Å². The maximum absolute atomic E-state index is 12.8. The molecule has 0 bridgehead atoms. The van der Waals surface area contributed by atoms with E-state index in [4.69, 9.17) is 0 Å². The van der Waals surface area contributed by atoms with Gasteiger partial charge in [0.15, 0.2) is 5.78 Å². The van der Waals surface area contributed by atoms with E-state index >= 15 is 0 Å². The van der Waals surface area contributed by atoms with Gasteiger partial charge in [0.2, 0.25) is 5.16 Å². The molecule has 0 amide bonds. The number of non-ortho nitro benzene ring substituents is 1. The largest absolute Gasteiger partial charge is 0.294 e. The molecule has 0 N–H and O–H groups in total. The second-order valence-electron chi connectivity index (χ2n) is 7.89. The number of thioether (sulfide) groups is 1. The van der Waals surface area contributed by atoms with Gasteiger partial charge in [-0.25, -0.2) is 9.50 Å². The highest BCUT2D eigenvalue weighted by Gasteiger charge is 2.28. The summed E-state index contributed by atoms with van der Waals surface area (Å²) in [6.07, 6.45) is 2.88. The van der Waals surface area contributed by atoms with Gasteiger partial charge in [0.1, 0.15) is 0 Å². The van der Waals surface area contributed by atoms with E-state index in [1.54, 1.807) is 22.8 Å². The molecule has 1 aliphatic carbocycles. The van der Waals surface area contributed by atoms with Crippen molar-refractivity contribution >= 4 is 29.0 Å². The van der Waals surface area contributed by atoms with Crippen LogP contribution in [0.4, 0.5) is 5.69 Å². The van der Waals surface area contributed by atoms with Crippen LogP contribution in [0.5, 0.6) is 0 Å². The Morgan fingerprint density at radius 3 is 2.72 bits per heavy atom. The summed E-state index contributed by atoms with van der Waals surface area (Å²) in [4.78, 5) is 32.4. The lowest BCUT2D eigenvalue weighted by Crippen LogP contribution is -2.21. The molecule has 2 heterocycles. The van der Waals surface area contributed by atoms with Gasteiger partial charge in [0.25, 0.3) is 11.5 Å². The number of nitro benzene ring substituents is 1. The molecule has 0 spiro atoms. The number of nitro groups is 1. The highest BCUT2D eigenvalue weighted by Crippen LogP contribution is 2.32. The lowest BCUT2D eigenvalue weighted by molar-refractivity contribution is -0.384. The van der Waals surface area contributed by atoms with Crippen LogP contribution in [0.2, 0.25) is 0 Å². The normalized spacial score (nSPS) is 15.7. The van der Waals surface area contributed by atoms with Crippen molar-refractivity contribution in [1.29, 1.82) is 0 Å². The zero-order chi connectivity index (χ0) is 22.2. The van der Waals surface area contributed by atoms with E-state index in [1.165, 1.54) is 29.5 Å². The highest BCUT2D eigenvalue weighted by molar-refractivity contribution is 7.98. The van der Waals surface area contributed by atoms with E-state index in [-0.39, 0.29) is 17.4 Å². The molecule has 0 saturated carbocycles. The molecule has 0 fully saturated rings. The van der Waals surface area contributed by atoms with Crippen LogP contribution >= 0.6 is 11.8 Å². The van der Waals surface area contributed by atoms with Crippen LogP contribution < -0.4 is 0 Å². The summed E-state index contributed by atoms with van der Waals surface area (Å²) >= 11 is 1.42.